The number of likely N-dealkylation sites (tertiary alicyclic amines) is 1. The van der Waals surface area contributed by atoms with Gasteiger partial charge in [-0.25, -0.2) is 0 Å². The minimum Gasteiger partial charge on any atom is -0.379 e. The molecule has 2 nitrogen and oxygen atoms in total. The van der Waals surface area contributed by atoms with Crippen LogP contribution in [0.3, 0.4) is 0 Å². The van der Waals surface area contributed by atoms with Crippen molar-refractivity contribution in [2.45, 2.75) is 50.3 Å². The lowest BCUT2D eigenvalue weighted by atomic mass is 9.80. The molecule has 0 bridgehead atoms. The lowest BCUT2D eigenvalue weighted by Crippen LogP contribution is -2.51. The van der Waals surface area contributed by atoms with E-state index in [1.807, 2.05) is 36.4 Å². The van der Waals surface area contributed by atoms with E-state index in [2.05, 4.69) is 36.1 Å². The average molecular weight is 321 g/mol. The van der Waals surface area contributed by atoms with E-state index < -0.39 is 5.60 Å². The summed E-state index contributed by atoms with van der Waals surface area (Å²) in [6.45, 7) is 3.32. The second kappa shape index (κ2) is 6.34. The van der Waals surface area contributed by atoms with Crippen LogP contribution in [0.5, 0.6) is 0 Å². The molecule has 0 amide bonds. The fourth-order valence-electron chi connectivity index (χ4n) is 5.03. The van der Waals surface area contributed by atoms with Gasteiger partial charge in [-0.15, -0.1) is 0 Å². The summed E-state index contributed by atoms with van der Waals surface area (Å²) in [4.78, 5) is 2.58. The van der Waals surface area contributed by atoms with Crippen LogP contribution < -0.4 is 0 Å². The Bertz CT molecular complexity index is 629. The normalized spacial score (nSPS) is 25.6. The van der Waals surface area contributed by atoms with E-state index in [-0.39, 0.29) is 6.04 Å². The van der Waals surface area contributed by atoms with Crippen LogP contribution in [0.15, 0.2) is 60.7 Å². The molecule has 2 aromatic carbocycles. The maximum absolute atomic E-state index is 12.0. The van der Waals surface area contributed by atoms with E-state index in [1.165, 1.54) is 25.7 Å². The molecule has 2 fully saturated rings. The molecule has 1 aliphatic carbocycles. The Kier molecular flexibility index (Phi) is 4.19. The second-order valence-electron chi connectivity index (χ2n) is 7.46. The van der Waals surface area contributed by atoms with Crippen molar-refractivity contribution in [3.63, 3.8) is 0 Å². The Balaban J connectivity index is 1.76. The number of nitrogens with zero attached hydrogens (tertiary/aromatic N) is 1. The summed E-state index contributed by atoms with van der Waals surface area (Å²) >= 11 is 0. The highest BCUT2D eigenvalue weighted by Crippen LogP contribution is 2.43. The maximum Gasteiger partial charge on any atom is 0.130 e. The first-order valence-electron chi connectivity index (χ1n) is 9.30. The van der Waals surface area contributed by atoms with Crippen molar-refractivity contribution in [1.29, 1.82) is 0 Å². The zero-order valence-corrected chi connectivity index (χ0v) is 14.4. The van der Waals surface area contributed by atoms with E-state index in [0.717, 1.165) is 23.6 Å². The van der Waals surface area contributed by atoms with Crippen molar-refractivity contribution >= 4 is 0 Å². The van der Waals surface area contributed by atoms with E-state index >= 15 is 0 Å². The molecule has 3 atom stereocenters. The van der Waals surface area contributed by atoms with Crippen LogP contribution in [0.1, 0.15) is 43.7 Å². The summed E-state index contributed by atoms with van der Waals surface area (Å²) < 4.78 is 0. The molecule has 0 unspecified atom stereocenters. The molecule has 126 valence electrons. The molecule has 2 aliphatic rings. The van der Waals surface area contributed by atoms with Crippen molar-refractivity contribution < 1.29 is 5.11 Å². The van der Waals surface area contributed by atoms with E-state index in [0.29, 0.717) is 6.04 Å². The minimum absolute atomic E-state index is 0.0652. The lowest BCUT2D eigenvalue weighted by Gasteiger charge is -2.42. The van der Waals surface area contributed by atoms with Gasteiger partial charge in [0.05, 0.1) is 0 Å². The molecule has 0 aromatic heterocycles. The molecule has 1 N–H and O–H groups in total. The van der Waals surface area contributed by atoms with Crippen LogP contribution >= 0.6 is 0 Å². The van der Waals surface area contributed by atoms with Crippen molar-refractivity contribution in [3.8, 4) is 0 Å². The minimum atomic E-state index is -0.972. The summed E-state index contributed by atoms with van der Waals surface area (Å²) in [5.41, 5.74) is 1.01. The SMILES string of the molecule is C[C@@H](N1CC[C@H]2CCC[C@H]21)C(O)(c1ccccc1)c1ccccc1. The van der Waals surface area contributed by atoms with Crippen LogP contribution in [-0.2, 0) is 5.60 Å². The standard InChI is InChI=1S/C22H27NO/c1-17(23-16-15-18-9-8-14-21(18)23)22(24,19-10-4-2-5-11-19)20-12-6-3-7-13-20/h2-7,10-13,17-18,21,24H,8-9,14-16H2,1H3/t17-,18-,21-/m1/s1. The van der Waals surface area contributed by atoms with Crippen molar-refractivity contribution in [1.82, 2.24) is 4.90 Å². The average Bonchev–Trinajstić information content (AvgIpc) is 3.25. The predicted molar refractivity (Wildman–Crippen MR) is 97.8 cm³/mol. The summed E-state index contributed by atoms with van der Waals surface area (Å²) in [5, 5.41) is 12.0. The van der Waals surface area contributed by atoms with Crippen LogP contribution in [-0.4, -0.2) is 28.6 Å². The van der Waals surface area contributed by atoms with Crippen LogP contribution in [0.25, 0.3) is 0 Å². The van der Waals surface area contributed by atoms with Crippen LogP contribution in [0, 0.1) is 5.92 Å². The van der Waals surface area contributed by atoms with Crippen LogP contribution in [0.2, 0.25) is 0 Å². The number of hydrogen-bond donors (Lipinski definition) is 1. The Morgan fingerprint density at radius 3 is 2.08 bits per heavy atom. The Morgan fingerprint density at radius 2 is 1.50 bits per heavy atom. The maximum atomic E-state index is 12.0. The molecule has 24 heavy (non-hydrogen) atoms. The first-order chi connectivity index (χ1) is 11.7. The van der Waals surface area contributed by atoms with Gasteiger partial charge in [0.15, 0.2) is 0 Å². The molecular formula is C22H27NO. The molecule has 4 rings (SSSR count). The number of hydrogen-bond acceptors (Lipinski definition) is 2. The van der Waals surface area contributed by atoms with E-state index in [4.69, 9.17) is 0 Å². The zero-order chi connectivity index (χ0) is 16.6. The molecule has 0 spiro atoms. The molecular weight excluding hydrogens is 294 g/mol. The van der Waals surface area contributed by atoms with E-state index in [1.54, 1.807) is 0 Å². The molecule has 1 heterocycles. The van der Waals surface area contributed by atoms with Crippen molar-refractivity contribution in [2.75, 3.05) is 6.54 Å². The summed E-state index contributed by atoms with van der Waals surface area (Å²) in [6, 6.07) is 21.1. The first-order valence-corrected chi connectivity index (χ1v) is 9.30. The number of rotatable bonds is 4. The smallest absolute Gasteiger partial charge is 0.130 e. The highest BCUT2D eigenvalue weighted by molar-refractivity contribution is 5.38. The van der Waals surface area contributed by atoms with Gasteiger partial charge < -0.3 is 5.11 Å². The van der Waals surface area contributed by atoms with Gasteiger partial charge in [-0.2, -0.15) is 0 Å². The zero-order valence-electron chi connectivity index (χ0n) is 14.4. The summed E-state index contributed by atoms with van der Waals surface area (Å²) in [5.74, 6) is 0.836. The number of aliphatic hydroxyl groups is 1. The fraction of sp³-hybridized carbons (Fsp3) is 0.455. The molecule has 1 saturated carbocycles. The monoisotopic (exact) mass is 321 g/mol. The fourth-order valence-corrected chi connectivity index (χ4v) is 5.03. The molecule has 2 heteroatoms. The highest BCUT2D eigenvalue weighted by atomic mass is 16.3. The Morgan fingerprint density at radius 1 is 0.917 bits per heavy atom. The van der Waals surface area contributed by atoms with Gasteiger partial charge in [0, 0.05) is 12.1 Å². The van der Waals surface area contributed by atoms with Gasteiger partial charge in [-0.3, -0.25) is 4.90 Å². The summed E-state index contributed by atoms with van der Waals surface area (Å²) in [7, 11) is 0. The predicted octanol–water partition coefficient (Wildman–Crippen LogP) is 4.19. The third kappa shape index (κ3) is 2.49. The number of fused-ring (bicyclic) bond motifs is 1. The van der Waals surface area contributed by atoms with Gasteiger partial charge in [0.1, 0.15) is 5.60 Å². The van der Waals surface area contributed by atoms with Crippen molar-refractivity contribution in [2.24, 2.45) is 5.92 Å². The van der Waals surface area contributed by atoms with Gasteiger partial charge in [0.25, 0.3) is 0 Å². The molecule has 1 aliphatic heterocycles. The largest absolute Gasteiger partial charge is 0.379 e. The third-order valence-electron chi connectivity index (χ3n) is 6.33. The van der Waals surface area contributed by atoms with Crippen molar-refractivity contribution in [3.05, 3.63) is 71.8 Å². The van der Waals surface area contributed by atoms with Gasteiger partial charge >= 0.3 is 0 Å². The molecule has 0 radical (unpaired) electrons. The van der Waals surface area contributed by atoms with Crippen LogP contribution in [0.4, 0.5) is 0 Å². The Hall–Kier alpha value is -1.64. The highest BCUT2D eigenvalue weighted by Gasteiger charge is 2.47. The molecule has 2 aromatic rings. The lowest BCUT2D eigenvalue weighted by molar-refractivity contribution is -0.0195. The third-order valence-corrected chi connectivity index (χ3v) is 6.33. The quantitative estimate of drug-likeness (QED) is 0.913. The molecule has 1 saturated heterocycles. The van der Waals surface area contributed by atoms with E-state index in [9.17, 15) is 5.11 Å². The second-order valence-corrected chi connectivity index (χ2v) is 7.46. The van der Waals surface area contributed by atoms with Gasteiger partial charge in [0.2, 0.25) is 0 Å². The van der Waals surface area contributed by atoms with Gasteiger partial charge in [-0.05, 0) is 49.8 Å². The Labute approximate surface area is 145 Å². The number of benzene rings is 2. The van der Waals surface area contributed by atoms with Gasteiger partial charge in [-0.1, -0.05) is 67.1 Å². The summed E-state index contributed by atoms with van der Waals surface area (Å²) in [6.07, 6.45) is 5.28. The first kappa shape index (κ1) is 15.9. The topological polar surface area (TPSA) is 23.5 Å².